The molecule has 4 rings (SSSR count). The molecule has 120 valence electrons. The Balaban J connectivity index is 0.000000141. The van der Waals surface area contributed by atoms with Crippen LogP contribution in [0.15, 0.2) is 72.8 Å². The summed E-state index contributed by atoms with van der Waals surface area (Å²) >= 11 is 0. The van der Waals surface area contributed by atoms with Gasteiger partial charge in [0.05, 0.1) is 0 Å². The lowest BCUT2D eigenvalue weighted by molar-refractivity contribution is 0.481. The van der Waals surface area contributed by atoms with Crippen LogP contribution in [0.3, 0.4) is 0 Å². The van der Waals surface area contributed by atoms with Crippen molar-refractivity contribution in [2.45, 2.75) is 0 Å². The fourth-order valence-electron chi connectivity index (χ4n) is 2.64. The lowest BCUT2D eigenvalue weighted by Crippen LogP contribution is -1.85. The number of hydrogen-bond donors (Lipinski definition) is 4. The average molecular weight is 318 g/mol. The van der Waals surface area contributed by atoms with Crippen molar-refractivity contribution in [2.75, 3.05) is 11.5 Å². The number of phenolic OH excluding ortho intramolecular Hbond substituents is 2. The highest BCUT2D eigenvalue weighted by atomic mass is 16.3. The highest BCUT2D eigenvalue weighted by Crippen LogP contribution is 2.28. The molecule has 4 aromatic rings. The van der Waals surface area contributed by atoms with Crippen molar-refractivity contribution in [1.82, 2.24) is 0 Å². The van der Waals surface area contributed by atoms with Gasteiger partial charge < -0.3 is 21.7 Å². The van der Waals surface area contributed by atoms with Crippen LogP contribution in [0.2, 0.25) is 0 Å². The molecule has 0 radical (unpaired) electrons. The molecule has 4 aromatic carbocycles. The van der Waals surface area contributed by atoms with Gasteiger partial charge in [0, 0.05) is 32.9 Å². The number of rotatable bonds is 0. The van der Waals surface area contributed by atoms with Crippen LogP contribution in [0.5, 0.6) is 11.5 Å². The minimum Gasteiger partial charge on any atom is -0.507 e. The SMILES string of the molecule is Nc1cccc2c(O)cccc12.Nc1cccc2c(O)cccc12. The molecular weight excluding hydrogens is 300 g/mol. The molecule has 0 spiro atoms. The summed E-state index contributed by atoms with van der Waals surface area (Å²) in [6.07, 6.45) is 0. The van der Waals surface area contributed by atoms with E-state index in [9.17, 15) is 10.2 Å². The number of hydrogen-bond acceptors (Lipinski definition) is 4. The Morgan fingerprint density at radius 3 is 1.17 bits per heavy atom. The van der Waals surface area contributed by atoms with Crippen LogP contribution >= 0.6 is 0 Å². The van der Waals surface area contributed by atoms with Crippen LogP contribution in [0.25, 0.3) is 21.5 Å². The molecule has 0 bridgehead atoms. The summed E-state index contributed by atoms with van der Waals surface area (Å²) in [5.74, 6) is 0.555. The van der Waals surface area contributed by atoms with Crippen LogP contribution in [0.4, 0.5) is 11.4 Å². The van der Waals surface area contributed by atoms with Crippen LogP contribution in [0.1, 0.15) is 0 Å². The molecule has 4 nitrogen and oxygen atoms in total. The number of nitrogens with two attached hydrogens (primary N) is 2. The molecule has 0 saturated carbocycles. The van der Waals surface area contributed by atoms with E-state index >= 15 is 0 Å². The zero-order chi connectivity index (χ0) is 17.1. The smallest absolute Gasteiger partial charge is 0.123 e. The van der Waals surface area contributed by atoms with Gasteiger partial charge in [0.15, 0.2) is 0 Å². The van der Waals surface area contributed by atoms with E-state index in [1.54, 1.807) is 24.3 Å². The summed E-state index contributed by atoms with van der Waals surface area (Å²) in [7, 11) is 0. The van der Waals surface area contributed by atoms with Gasteiger partial charge in [-0.3, -0.25) is 0 Å². The Morgan fingerprint density at radius 2 is 0.792 bits per heavy atom. The minimum absolute atomic E-state index is 0.278. The molecule has 0 atom stereocenters. The van der Waals surface area contributed by atoms with Gasteiger partial charge in [-0.25, -0.2) is 0 Å². The molecule has 0 amide bonds. The summed E-state index contributed by atoms with van der Waals surface area (Å²) < 4.78 is 0. The first-order valence-electron chi connectivity index (χ1n) is 7.50. The van der Waals surface area contributed by atoms with Crippen molar-refractivity contribution < 1.29 is 10.2 Å². The first-order valence-corrected chi connectivity index (χ1v) is 7.50. The van der Waals surface area contributed by atoms with Crippen molar-refractivity contribution in [3.8, 4) is 11.5 Å². The fourth-order valence-corrected chi connectivity index (χ4v) is 2.64. The van der Waals surface area contributed by atoms with Gasteiger partial charge in [-0.2, -0.15) is 0 Å². The quantitative estimate of drug-likeness (QED) is 0.365. The molecule has 0 heterocycles. The van der Waals surface area contributed by atoms with Gasteiger partial charge in [-0.15, -0.1) is 0 Å². The predicted octanol–water partition coefficient (Wildman–Crippen LogP) is 4.26. The van der Waals surface area contributed by atoms with Gasteiger partial charge in [0.2, 0.25) is 0 Å². The molecule has 6 N–H and O–H groups in total. The number of anilines is 2. The number of phenols is 2. The summed E-state index contributed by atoms with van der Waals surface area (Å²) in [5, 5.41) is 22.3. The molecule has 0 aliphatic heterocycles. The molecule has 24 heavy (non-hydrogen) atoms. The first kappa shape index (κ1) is 15.5. The summed E-state index contributed by atoms with van der Waals surface area (Å²) in [5.41, 5.74) is 12.8. The third-order valence-electron chi connectivity index (χ3n) is 3.87. The van der Waals surface area contributed by atoms with Crippen molar-refractivity contribution >= 4 is 32.9 Å². The second-order valence-electron chi connectivity index (χ2n) is 5.44. The van der Waals surface area contributed by atoms with Crippen LogP contribution < -0.4 is 11.5 Å². The lowest BCUT2D eigenvalue weighted by atomic mass is 10.1. The van der Waals surface area contributed by atoms with Gasteiger partial charge in [-0.05, 0) is 24.3 Å². The topological polar surface area (TPSA) is 92.5 Å². The zero-order valence-corrected chi connectivity index (χ0v) is 13.0. The maximum Gasteiger partial charge on any atom is 0.123 e. The molecule has 4 heteroatoms. The summed E-state index contributed by atoms with van der Waals surface area (Å²) in [4.78, 5) is 0. The maximum atomic E-state index is 9.44. The largest absolute Gasteiger partial charge is 0.507 e. The van der Waals surface area contributed by atoms with E-state index in [1.165, 1.54) is 0 Å². The number of fused-ring (bicyclic) bond motifs is 2. The highest BCUT2D eigenvalue weighted by molar-refractivity contribution is 5.97. The van der Waals surface area contributed by atoms with Crippen molar-refractivity contribution in [2.24, 2.45) is 0 Å². The van der Waals surface area contributed by atoms with Crippen LogP contribution in [-0.2, 0) is 0 Å². The Hall–Kier alpha value is -3.40. The Labute approximate surface area is 139 Å². The van der Waals surface area contributed by atoms with Gasteiger partial charge in [0.25, 0.3) is 0 Å². The second-order valence-corrected chi connectivity index (χ2v) is 5.44. The molecule has 0 fully saturated rings. The molecular formula is C20H18N2O2. The molecule has 0 aliphatic rings. The van der Waals surface area contributed by atoms with Crippen molar-refractivity contribution in [3.63, 3.8) is 0 Å². The van der Waals surface area contributed by atoms with E-state index in [0.29, 0.717) is 11.4 Å². The number of aromatic hydroxyl groups is 2. The van der Waals surface area contributed by atoms with Crippen LogP contribution in [0, 0.1) is 0 Å². The molecule has 0 saturated heterocycles. The summed E-state index contributed by atoms with van der Waals surface area (Å²) in [6.45, 7) is 0. The normalized spacial score (nSPS) is 10.3. The van der Waals surface area contributed by atoms with E-state index < -0.39 is 0 Å². The number of nitrogen functional groups attached to an aromatic ring is 2. The second kappa shape index (κ2) is 6.38. The standard InChI is InChI=1S/2C10H9NO/c2*11-9-5-1-4-8-7(9)3-2-6-10(8)12/h2*1-6,12H,11H2. The monoisotopic (exact) mass is 318 g/mol. The van der Waals surface area contributed by atoms with E-state index in [1.807, 2.05) is 48.5 Å². The first-order chi connectivity index (χ1) is 11.6. The number of benzene rings is 4. The van der Waals surface area contributed by atoms with Gasteiger partial charge in [0.1, 0.15) is 11.5 Å². The Morgan fingerprint density at radius 1 is 0.458 bits per heavy atom. The lowest BCUT2D eigenvalue weighted by Gasteiger charge is -2.02. The minimum atomic E-state index is 0.278. The van der Waals surface area contributed by atoms with E-state index in [0.717, 1.165) is 21.5 Å². The third kappa shape index (κ3) is 2.90. The maximum absolute atomic E-state index is 9.44. The third-order valence-corrected chi connectivity index (χ3v) is 3.87. The Kier molecular flexibility index (Phi) is 4.12. The molecule has 0 aromatic heterocycles. The molecule has 0 unspecified atom stereocenters. The fraction of sp³-hybridized carbons (Fsp3) is 0. The summed E-state index contributed by atoms with van der Waals surface area (Å²) in [6, 6.07) is 21.7. The van der Waals surface area contributed by atoms with Gasteiger partial charge in [-0.1, -0.05) is 48.5 Å². The van der Waals surface area contributed by atoms with E-state index in [2.05, 4.69) is 0 Å². The molecule has 0 aliphatic carbocycles. The highest BCUT2D eigenvalue weighted by Gasteiger charge is 2.00. The van der Waals surface area contributed by atoms with Gasteiger partial charge >= 0.3 is 0 Å². The average Bonchev–Trinajstić information content (AvgIpc) is 2.58. The van der Waals surface area contributed by atoms with E-state index in [4.69, 9.17) is 11.5 Å². The van der Waals surface area contributed by atoms with Crippen LogP contribution in [-0.4, -0.2) is 10.2 Å². The Bertz CT molecular complexity index is 847. The zero-order valence-electron chi connectivity index (χ0n) is 13.0. The van der Waals surface area contributed by atoms with Crippen molar-refractivity contribution in [3.05, 3.63) is 72.8 Å². The van der Waals surface area contributed by atoms with E-state index in [-0.39, 0.29) is 11.5 Å². The van der Waals surface area contributed by atoms with Crippen molar-refractivity contribution in [1.29, 1.82) is 0 Å². The predicted molar refractivity (Wildman–Crippen MR) is 100 cm³/mol.